The maximum atomic E-state index is 12.2. The van der Waals surface area contributed by atoms with E-state index in [1.807, 2.05) is 25.1 Å². The van der Waals surface area contributed by atoms with Gasteiger partial charge in [-0.15, -0.1) is 0 Å². The lowest BCUT2D eigenvalue weighted by molar-refractivity contribution is -0.130. The number of ether oxygens (including phenoxy) is 2. The van der Waals surface area contributed by atoms with Crippen LogP contribution < -0.4 is 4.74 Å². The molecule has 4 heteroatoms. The summed E-state index contributed by atoms with van der Waals surface area (Å²) < 4.78 is 11.5. The fourth-order valence-electron chi connectivity index (χ4n) is 1.94. The first-order chi connectivity index (χ1) is 9.12. The number of methoxy groups -OCH3 is 1. The molecule has 0 amide bonds. The predicted molar refractivity (Wildman–Crippen MR) is 79.7 cm³/mol. The molecule has 1 atom stereocenters. The monoisotopic (exact) mass is 328 g/mol. The van der Waals surface area contributed by atoms with Crippen molar-refractivity contribution in [3.63, 3.8) is 0 Å². The number of carbonyl (C=O) groups is 1. The lowest BCUT2D eigenvalue weighted by Gasteiger charge is -2.15. The summed E-state index contributed by atoms with van der Waals surface area (Å²) in [4.78, 5) is 12.2. The van der Waals surface area contributed by atoms with Gasteiger partial charge in [0.2, 0.25) is 0 Å². The lowest BCUT2D eigenvalue weighted by Crippen LogP contribution is -2.25. The second-order valence-corrected chi connectivity index (χ2v) is 5.20. The molecule has 106 valence electrons. The Morgan fingerprint density at radius 1 is 1.37 bits per heavy atom. The quantitative estimate of drug-likeness (QED) is 0.728. The Hall–Kier alpha value is -0.870. The molecule has 0 aliphatic carbocycles. The van der Waals surface area contributed by atoms with E-state index in [1.54, 1.807) is 7.11 Å². The van der Waals surface area contributed by atoms with E-state index in [0.29, 0.717) is 13.0 Å². The lowest BCUT2D eigenvalue weighted by atomic mass is 10.0. The second kappa shape index (κ2) is 8.33. The number of benzene rings is 1. The highest BCUT2D eigenvalue weighted by Gasteiger charge is 2.18. The van der Waals surface area contributed by atoms with Gasteiger partial charge in [0.1, 0.15) is 11.9 Å². The van der Waals surface area contributed by atoms with E-state index in [9.17, 15) is 4.79 Å². The van der Waals surface area contributed by atoms with Gasteiger partial charge in [-0.2, -0.15) is 0 Å². The third kappa shape index (κ3) is 4.96. The summed E-state index contributed by atoms with van der Waals surface area (Å²) in [7, 11) is 1.62. The molecule has 0 fully saturated rings. The number of hydrogen-bond acceptors (Lipinski definition) is 3. The summed E-state index contributed by atoms with van der Waals surface area (Å²) in [6, 6.07) is 5.70. The van der Waals surface area contributed by atoms with Crippen LogP contribution >= 0.6 is 15.9 Å². The Labute approximate surface area is 123 Å². The van der Waals surface area contributed by atoms with Crippen molar-refractivity contribution in [3.05, 3.63) is 28.2 Å². The second-order valence-electron chi connectivity index (χ2n) is 4.34. The zero-order valence-electron chi connectivity index (χ0n) is 11.7. The fourth-order valence-corrected chi connectivity index (χ4v) is 2.52. The van der Waals surface area contributed by atoms with Crippen LogP contribution in [0.4, 0.5) is 0 Å². The molecular formula is C15H21BrO3. The minimum absolute atomic E-state index is 0.140. The molecule has 0 saturated heterocycles. The highest BCUT2D eigenvalue weighted by Crippen LogP contribution is 2.26. The van der Waals surface area contributed by atoms with Crippen LogP contribution in [0.5, 0.6) is 5.75 Å². The Morgan fingerprint density at radius 2 is 2.11 bits per heavy atom. The largest absolute Gasteiger partial charge is 0.496 e. The Kier molecular flexibility index (Phi) is 7.10. The molecule has 0 bridgehead atoms. The van der Waals surface area contributed by atoms with Gasteiger partial charge in [-0.1, -0.05) is 19.4 Å². The molecule has 1 rings (SSSR count). The zero-order valence-corrected chi connectivity index (χ0v) is 13.3. The number of ketones is 1. The molecule has 0 aliphatic rings. The van der Waals surface area contributed by atoms with Crippen LogP contribution in [-0.2, 0) is 16.0 Å². The van der Waals surface area contributed by atoms with Crippen molar-refractivity contribution < 1.29 is 14.3 Å². The zero-order chi connectivity index (χ0) is 14.3. The topological polar surface area (TPSA) is 35.5 Å². The smallest absolute Gasteiger partial charge is 0.165 e. The maximum absolute atomic E-state index is 12.2. The maximum Gasteiger partial charge on any atom is 0.165 e. The molecule has 1 aromatic carbocycles. The number of hydrogen-bond donors (Lipinski definition) is 0. The van der Waals surface area contributed by atoms with Crippen molar-refractivity contribution in [3.8, 4) is 5.75 Å². The highest BCUT2D eigenvalue weighted by molar-refractivity contribution is 9.10. The Balaban J connectivity index is 2.71. The van der Waals surface area contributed by atoms with E-state index in [-0.39, 0.29) is 11.9 Å². The minimum Gasteiger partial charge on any atom is -0.496 e. The molecule has 0 saturated carbocycles. The molecule has 0 N–H and O–H groups in total. The summed E-state index contributed by atoms with van der Waals surface area (Å²) in [6.45, 7) is 4.55. The standard InChI is InChI=1S/C15H21BrO3/c1-4-6-15(19-5-2)13(17)10-11-7-8-14(18-3)12(16)9-11/h7-9,15H,4-6,10H2,1-3H3. The molecule has 0 aromatic heterocycles. The van der Waals surface area contributed by atoms with Crippen LogP contribution in [-0.4, -0.2) is 25.6 Å². The number of rotatable bonds is 8. The number of halogens is 1. The van der Waals surface area contributed by atoms with E-state index < -0.39 is 0 Å². The van der Waals surface area contributed by atoms with Crippen molar-refractivity contribution in [1.29, 1.82) is 0 Å². The predicted octanol–water partition coefficient (Wildman–Crippen LogP) is 3.77. The summed E-state index contributed by atoms with van der Waals surface area (Å²) >= 11 is 3.43. The Bertz CT molecular complexity index is 412. The van der Waals surface area contributed by atoms with Crippen LogP contribution in [0.2, 0.25) is 0 Å². The van der Waals surface area contributed by atoms with Gasteiger partial charge in [0.25, 0.3) is 0 Å². The summed E-state index contributed by atoms with van der Waals surface area (Å²) in [5.74, 6) is 0.909. The first-order valence-corrected chi connectivity index (χ1v) is 7.38. The highest BCUT2D eigenvalue weighted by atomic mass is 79.9. The molecule has 19 heavy (non-hydrogen) atoms. The van der Waals surface area contributed by atoms with Crippen LogP contribution in [0.15, 0.2) is 22.7 Å². The van der Waals surface area contributed by atoms with Crippen LogP contribution in [0.25, 0.3) is 0 Å². The van der Waals surface area contributed by atoms with E-state index in [2.05, 4.69) is 22.9 Å². The first kappa shape index (κ1) is 16.2. The molecule has 0 spiro atoms. The average Bonchev–Trinajstić information content (AvgIpc) is 2.38. The normalized spacial score (nSPS) is 12.2. The average molecular weight is 329 g/mol. The number of carbonyl (C=O) groups excluding carboxylic acids is 1. The molecule has 0 heterocycles. The van der Waals surface area contributed by atoms with Gasteiger partial charge in [-0.25, -0.2) is 0 Å². The van der Waals surface area contributed by atoms with Crippen molar-refractivity contribution in [2.75, 3.05) is 13.7 Å². The third-order valence-electron chi connectivity index (χ3n) is 2.87. The molecule has 3 nitrogen and oxygen atoms in total. The van der Waals surface area contributed by atoms with Crippen LogP contribution in [0.3, 0.4) is 0 Å². The molecule has 1 aromatic rings. The van der Waals surface area contributed by atoms with E-state index >= 15 is 0 Å². The summed E-state index contributed by atoms with van der Waals surface area (Å²) in [5.41, 5.74) is 0.971. The van der Waals surface area contributed by atoms with Gasteiger partial charge >= 0.3 is 0 Å². The van der Waals surface area contributed by atoms with Crippen molar-refractivity contribution >= 4 is 21.7 Å². The third-order valence-corrected chi connectivity index (χ3v) is 3.49. The first-order valence-electron chi connectivity index (χ1n) is 6.59. The molecular weight excluding hydrogens is 308 g/mol. The molecule has 0 radical (unpaired) electrons. The van der Waals surface area contributed by atoms with Gasteiger partial charge in [-0.05, 0) is 47.0 Å². The van der Waals surface area contributed by atoms with Gasteiger partial charge in [0.15, 0.2) is 5.78 Å². The van der Waals surface area contributed by atoms with Crippen molar-refractivity contribution in [2.45, 2.75) is 39.2 Å². The van der Waals surface area contributed by atoms with Crippen molar-refractivity contribution in [1.82, 2.24) is 0 Å². The van der Waals surface area contributed by atoms with E-state index in [4.69, 9.17) is 9.47 Å². The SMILES string of the molecule is CCCC(OCC)C(=O)Cc1ccc(OC)c(Br)c1. The fraction of sp³-hybridized carbons (Fsp3) is 0.533. The van der Waals surface area contributed by atoms with Crippen LogP contribution in [0, 0.1) is 0 Å². The Morgan fingerprint density at radius 3 is 2.63 bits per heavy atom. The van der Waals surface area contributed by atoms with E-state index in [1.165, 1.54) is 0 Å². The molecule has 0 aliphatic heterocycles. The van der Waals surface area contributed by atoms with E-state index in [0.717, 1.165) is 28.6 Å². The summed E-state index contributed by atoms with van der Waals surface area (Å²) in [6.07, 6.45) is 1.84. The van der Waals surface area contributed by atoms with Gasteiger partial charge in [0.05, 0.1) is 11.6 Å². The molecule has 1 unspecified atom stereocenters. The summed E-state index contributed by atoms with van der Waals surface area (Å²) in [5, 5.41) is 0. The number of Topliss-reactive ketones (excluding diaryl/α,β-unsaturated/α-hetero) is 1. The van der Waals surface area contributed by atoms with Gasteiger partial charge < -0.3 is 9.47 Å². The van der Waals surface area contributed by atoms with Crippen LogP contribution in [0.1, 0.15) is 32.3 Å². The van der Waals surface area contributed by atoms with Crippen molar-refractivity contribution in [2.24, 2.45) is 0 Å². The van der Waals surface area contributed by atoms with Gasteiger partial charge in [-0.3, -0.25) is 4.79 Å². The van der Waals surface area contributed by atoms with Gasteiger partial charge in [0, 0.05) is 13.0 Å². The minimum atomic E-state index is -0.282.